The topological polar surface area (TPSA) is 83.7 Å². The van der Waals surface area contributed by atoms with Crippen molar-refractivity contribution in [2.45, 2.75) is 26.7 Å². The number of benzene rings is 1. The van der Waals surface area contributed by atoms with Crippen LogP contribution in [0.5, 0.6) is 0 Å². The van der Waals surface area contributed by atoms with Crippen molar-refractivity contribution in [1.82, 2.24) is 0 Å². The molecule has 0 unspecified atom stereocenters. The fraction of sp³-hybridized carbons (Fsp3) is 0.533. The molecule has 1 saturated heterocycles. The summed E-state index contributed by atoms with van der Waals surface area (Å²) < 4.78 is 0. The Morgan fingerprint density at radius 3 is 2.48 bits per heavy atom. The number of hydrogen-bond donors (Lipinski definition) is 1. The van der Waals surface area contributed by atoms with Crippen molar-refractivity contribution in [3.05, 3.63) is 33.9 Å². The number of non-ortho nitro benzene ring substituents is 1. The molecule has 0 spiro atoms. The largest absolute Gasteiger partial charge is 0.478 e. The lowest BCUT2D eigenvalue weighted by Gasteiger charge is -2.35. The third-order valence-corrected chi connectivity index (χ3v) is 4.24. The van der Waals surface area contributed by atoms with Crippen molar-refractivity contribution in [1.29, 1.82) is 0 Å². The van der Waals surface area contributed by atoms with Gasteiger partial charge in [-0.25, -0.2) is 4.79 Å². The highest BCUT2D eigenvalue weighted by Gasteiger charge is 2.25. The van der Waals surface area contributed by atoms with Gasteiger partial charge in [0.25, 0.3) is 5.69 Å². The zero-order valence-electron chi connectivity index (χ0n) is 12.3. The van der Waals surface area contributed by atoms with Crippen molar-refractivity contribution in [3.8, 4) is 0 Å². The summed E-state index contributed by atoms with van der Waals surface area (Å²) >= 11 is 0. The lowest BCUT2D eigenvalue weighted by Crippen LogP contribution is -2.36. The van der Waals surface area contributed by atoms with Gasteiger partial charge in [-0.15, -0.1) is 0 Å². The third kappa shape index (κ3) is 3.32. The Kier molecular flexibility index (Phi) is 4.45. The van der Waals surface area contributed by atoms with Crippen LogP contribution in [0.1, 0.15) is 37.0 Å². The van der Waals surface area contributed by atoms with Gasteiger partial charge in [0, 0.05) is 25.2 Å². The van der Waals surface area contributed by atoms with E-state index >= 15 is 0 Å². The summed E-state index contributed by atoms with van der Waals surface area (Å²) in [7, 11) is 0. The number of aromatic carboxylic acids is 1. The van der Waals surface area contributed by atoms with E-state index in [-0.39, 0.29) is 11.3 Å². The van der Waals surface area contributed by atoms with Crippen LogP contribution in [0.2, 0.25) is 0 Å². The molecule has 1 N–H and O–H groups in total. The summed E-state index contributed by atoms with van der Waals surface area (Å²) in [6, 6.07) is 4.07. The van der Waals surface area contributed by atoms with Crippen molar-refractivity contribution in [2.24, 2.45) is 11.8 Å². The lowest BCUT2D eigenvalue weighted by atomic mass is 9.86. The molecule has 0 aliphatic carbocycles. The molecule has 0 bridgehead atoms. The van der Waals surface area contributed by atoms with Crippen LogP contribution in [-0.2, 0) is 0 Å². The smallest absolute Gasteiger partial charge is 0.338 e. The molecule has 0 aromatic heterocycles. The maximum absolute atomic E-state index is 11.4. The van der Waals surface area contributed by atoms with Crippen LogP contribution < -0.4 is 4.90 Å². The average molecular weight is 292 g/mol. The van der Waals surface area contributed by atoms with Crippen molar-refractivity contribution in [2.75, 3.05) is 18.0 Å². The van der Waals surface area contributed by atoms with Crippen molar-refractivity contribution in [3.63, 3.8) is 0 Å². The molecule has 1 aliphatic heterocycles. The molecule has 1 fully saturated rings. The molecular weight excluding hydrogens is 272 g/mol. The molecule has 1 heterocycles. The first kappa shape index (κ1) is 15.3. The lowest BCUT2D eigenvalue weighted by molar-refractivity contribution is -0.384. The van der Waals surface area contributed by atoms with Gasteiger partial charge in [0.05, 0.1) is 16.2 Å². The summed E-state index contributed by atoms with van der Waals surface area (Å²) in [6.45, 7) is 5.99. The van der Waals surface area contributed by atoms with Gasteiger partial charge in [0.15, 0.2) is 0 Å². The summed E-state index contributed by atoms with van der Waals surface area (Å²) in [5, 5.41) is 20.1. The maximum Gasteiger partial charge on any atom is 0.338 e. The molecule has 0 saturated carbocycles. The summed E-state index contributed by atoms with van der Waals surface area (Å²) in [5.41, 5.74) is 0.399. The van der Waals surface area contributed by atoms with Crippen LogP contribution in [0.3, 0.4) is 0 Å². The monoisotopic (exact) mass is 292 g/mol. The highest BCUT2D eigenvalue weighted by Crippen LogP contribution is 2.31. The van der Waals surface area contributed by atoms with Crippen LogP contribution in [0, 0.1) is 22.0 Å². The van der Waals surface area contributed by atoms with Crippen molar-refractivity contribution < 1.29 is 14.8 Å². The average Bonchev–Trinajstić information content (AvgIpc) is 2.46. The van der Waals surface area contributed by atoms with Gasteiger partial charge >= 0.3 is 5.97 Å². The number of rotatable bonds is 4. The second-order valence-electron chi connectivity index (χ2n) is 5.83. The molecule has 0 amide bonds. The zero-order valence-corrected chi connectivity index (χ0v) is 12.3. The van der Waals surface area contributed by atoms with E-state index in [1.807, 2.05) is 4.90 Å². The molecular formula is C15H20N2O4. The number of carboxylic acids is 1. The van der Waals surface area contributed by atoms with Gasteiger partial charge in [0.1, 0.15) is 0 Å². The second kappa shape index (κ2) is 6.11. The number of nitro groups is 1. The standard InChI is InChI=1S/C15H20N2O4/c1-10(2)11-5-7-16(8-6-11)14-4-3-12(17(20)21)9-13(14)15(18)19/h3-4,9-11H,5-8H2,1-2H3,(H,18,19). The summed E-state index contributed by atoms with van der Waals surface area (Å²) in [4.78, 5) is 23.6. The van der Waals surface area contributed by atoms with Gasteiger partial charge in [0.2, 0.25) is 0 Å². The predicted molar refractivity (Wildman–Crippen MR) is 79.8 cm³/mol. The third-order valence-electron chi connectivity index (χ3n) is 4.24. The Bertz CT molecular complexity index is 549. The van der Waals surface area contributed by atoms with E-state index < -0.39 is 10.9 Å². The van der Waals surface area contributed by atoms with Crippen LogP contribution in [0.25, 0.3) is 0 Å². The minimum Gasteiger partial charge on any atom is -0.478 e. The number of carboxylic acid groups (broad SMARTS) is 1. The molecule has 0 radical (unpaired) electrons. The van der Waals surface area contributed by atoms with E-state index in [9.17, 15) is 20.0 Å². The first-order valence-electron chi connectivity index (χ1n) is 7.17. The van der Waals surface area contributed by atoms with Gasteiger partial charge in [-0.3, -0.25) is 10.1 Å². The molecule has 0 atom stereocenters. The Labute approximate surface area is 123 Å². The molecule has 6 nitrogen and oxygen atoms in total. The summed E-state index contributed by atoms with van der Waals surface area (Å²) in [6.07, 6.45) is 2.04. The molecule has 114 valence electrons. The number of carbonyl (C=O) groups is 1. The number of anilines is 1. The van der Waals surface area contributed by atoms with E-state index in [2.05, 4.69) is 13.8 Å². The Morgan fingerprint density at radius 1 is 1.38 bits per heavy atom. The fourth-order valence-corrected chi connectivity index (χ4v) is 2.89. The summed E-state index contributed by atoms with van der Waals surface area (Å²) in [5.74, 6) is 0.162. The number of nitrogens with zero attached hydrogens (tertiary/aromatic N) is 2. The second-order valence-corrected chi connectivity index (χ2v) is 5.83. The van der Waals surface area contributed by atoms with Crippen LogP contribution in [-0.4, -0.2) is 29.1 Å². The quantitative estimate of drug-likeness (QED) is 0.680. The first-order chi connectivity index (χ1) is 9.90. The van der Waals surface area contributed by atoms with Gasteiger partial charge in [-0.1, -0.05) is 13.8 Å². The molecule has 21 heavy (non-hydrogen) atoms. The number of hydrogen-bond acceptors (Lipinski definition) is 4. The minimum atomic E-state index is -1.13. The Balaban J connectivity index is 2.24. The fourth-order valence-electron chi connectivity index (χ4n) is 2.89. The van der Waals surface area contributed by atoms with E-state index in [4.69, 9.17) is 0 Å². The molecule has 1 aromatic rings. The van der Waals surface area contributed by atoms with Crippen LogP contribution in [0.15, 0.2) is 18.2 Å². The first-order valence-corrected chi connectivity index (χ1v) is 7.17. The molecule has 1 aliphatic rings. The highest BCUT2D eigenvalue weighted by atomic mass is 16.6. The minimum absolute atomic E-state index is 0.00666. The van der Waals surface area contributed by atoms with Gasteiger partial charge in [-0.05, 0) is 30.7 Å². The maximum atomic E-state index is 11.4. The number of piperidine rings is 1. The molecule has 6 heteroatoms. The molecule has 2 rings (SSSR count). The van der Waals surface area contributed by atoms with E-state index in [0.29, 0.717) is 17.5 Å². The van der Waals surface area contributed by atoms with E-state index in [0.717, 1.165) is 32.0 Å². The van der Waals surface area contributed by atoms with E-state index in [1.165, 1.54) is 6.07 Å². The zero-order chi connectivity index (χ0) is 15.6. The highest BCUT2D eigenvalue weighted by molar-refractivity contribution is 5.95. The Morgan fingerprint density at radius 2 is 2.00 bits per heavy atom. The van der Waals surface area contributed by atoms with Gasteiger partial charge in [-0.2, -0.15) is 0 Å². The SMILES string of the molecule is CC(C)C1CCN(c2ccc([N+](=O)[O-])cc2C(=O)O)CC1. The Hall–Kier alpha value is -2.11. The van der Waals surface area contributed by atoms with Crippen molar-refractivity contribution >= 4 is 17.3 Å². The molecule has 1 aromatic carbocycles. The number of nitro benzene ring substituents is 1. The van der Waals surface area contributed by atoms with Crippen LogP contribution >= 0.6 is 0 Å². The van der Waals surface area contributed by atoms with E-state index in [1.54, 1.807) is 6.07 Å². The van der Waals surface area contributed by atoms with Gasteiger partial charge < -0.3 is 10.0 Å². The normalized spacial score (nSPS) is 16.2. The van der Waals surface area contributed by atoms with Crippen LogP contribution in [0.4, 0.5) is 11.4 Å². The predicted octanol–water partition coefficient (Wildman–Crippen LogP) is 3.17.